The molecule has 2 heteroatoms. The van der Waals surface area contributed by atoms with Gasteiger partial charge < -0.3 is 5.11 Å². The Balaban J connectivity index is 0.000000292. The lowest BCUT2D eigenvalue weighted by molar-refractivity contribution is 0.472. The maximum absolute atomic E-state index is 8.87. The number of hydrogen-bond donors (Lipinski definition) is 1. The fraction of sp³-hybridized carbons (Fsp3) is 0.333. The van der Waals surface area contributed by atoms with Gasteiger partial charge in [0.25, 0.3) is 0 Å². The normalized spacial score (nSPS) is 8.27. The van der Waals surface area contributed by atoms with E-state index in [4.69, 9.17) is 5.11 Å². The van der Waals surface area contributed by atoms with Crippen LogP contribution in [-0.2, 0) is 0 Å². The monoisotopic (exact) mass is 216 g/mol. The molecule has 11 heavy (non-hydrogen) atoms. The molecule has 0 unspecified atom stereocenters. The molecule has 0 amide bonds. The first-order valence-electron chi connectivity index (χ1n) is 3.65. The quantitative estimate of drug-likeness (QED) is 0.704. The zero-order chi connectivity index (χ0) is 8.69. The van der Waals surface area contributed by atoms with Crippen molar-refractivity contribution in [3.8, 4) is 5.75 Å². The molecule has 0 aromatic heterocycles. The van der Waals surface area contributed by atoms with Gasteiger partial charge in [-0.25, -0.2) is 0 Å². The zero-order valence-electron chi connectivity index (χ0n) is 6.84. The summed E-state index contributed by atoms with van der Waals surface area (Å²) in [6.45, 7) is 4.25. The minimum Gasteiger partial charge on any atom is -0.507 e. The molecule has 1 aromatic carbocycles. The number of phenolic OH excluding ortho intramolecular Hbond substituents is 1. The van der Waals surface area contributed by atoms with E-state index in [2.05, 4.69) is 29.8 Å². The minimum atomic E-state index is 0.285. The van der Waals surface area contributed by atoms with Crippen molar-refractivity contribution < 1.29 is 5.11 Å². The fourth-order valence-electron chi connectivity index (χ4n) is 0.452. The van der Waals surface area contributed by atoms with Crippen molar-refractivity contribution >= 4 is 15.9 Å². The Bertz CT molecular complexity index is 178. The molecule has 0 aliphatic carbocycles. The molecule has 0 spiro atoms. The van der Waals surface area contributed by atoms with Gasteiger partial charge in [-0.05, 0) is 28.1 Å². The Morgan fingerprint density at radius 2 is 1.73 bits per heavy atom. The second-order valence-electron chi connectivity index (χ2n) is 2.16. The highest BCUT2D eigenvalue weighted by Gasteiger charge is 1.89. The van der Waals surface area contributed by atoms with E-state index in [0.717, 1.165) is 4.47 Å². The molecule has 1 nitrogen and oxygen atoms in total. The number of phenols is 1. The third kappa shape index (κ3) is 4.85. The largest absolute Gasteiger partial charge is 0.507 e. The molecule has 0 saturated carbocycles. The third-order valence-electron chi connectivity index (χ3n) is 0.852. The molecule has 0 heterocycles. The van der Waals surface area contributed by atoms with Gasteiger partial charge in [0.15, 0.2) is 0 Å². The van der Waals surface area contributed by atoms with Gasteiger partial charge in [-0.1, -0.05) is 32.4 Å². The van der Waals surface area contributed by atoms with E-state index < -0.39 is 0 Å². The third-order valence-corrected chi connectivity index (χ3v) is 1.52. The van der Waals surface area contributed by atoms with Crippen LogP contribution < -0.4 is 0 Å². The Kier molecular flexibility index (Phi) is 5.94. The predicted molar refractivity (Wildman–Crippen MR) is 51.8 cm³/mol. The topological polar surface area (TPSA) is 20.2 Å². The molecule has 0 atom stereocenters. The van der Waals surface area contributed by atoms with Crippen LogP contribution in [0.3, 0.4) is 0 Å². The van der Waals surface area contributed by atoms with Crippen molar-refractivity contribution in [2.24, 2.45) is 0 Å². The van der Waals surface area contributed by atoms with Crippen molar-refractivity contribution in [2.75, 3.05) is 0 Å². The highest BCUT2D eigenvalue weighted by molar-refractivity contribution is 9.10. The molecule has 0 aliphatic heterocycles. The van der Waals surface area contributed by atoms with E-state index in [0.29, 0.717) is 0 Å². The summed E-state index contributed by atoms with van der Waals surface area (Å²) in [6, 6.07) is 7.04. The molecule has 0 radical (unpaired) electrons. The van der Waals surface area contributed by atoms with Crippen LogP contribution >= 0.6 is 15.9 Å². The summed E-state index contributed by atoms with van der Waals surface area (Å²) >= 11 is 3.15. The summed E-state index contributed by atoms with van der Waals surface area (Å²) in [5.41, 5.74) is 0. The van der Waals surface area contributed by atoms with E-state index >= 15 is 0 Å². The SMILES string of the molecule is CCC.Oc1ccccc1Br. The Morgan fingerprint density at radius 1 is 1.27 bits per heavy atom. The van der Waals surface area contributed by atoms with Crippen molar-refractivity contribution in [2.45, 2.75) is 20.3 Å². The van der Waals surface area contributed by atoms with Gasteiger partial charge >= 0.3 is 0 Å². The summed E-state index contributed by atoms with van der Waals surface area (Å²) in [5, 5.41) is 8.87. The highest BCUT2D eigenvalue weighted by atomic mass is 79.9. The first-order chi connectivity index (χ1) is 5.22. The van der Waals surface area contributed by atoms with Gasteiger partial charge in [-0.2, -0.15) is 0 Å². The second kappa shape index (κ2) is 6.23. The van der Waals surface area contributed by atoms with Gasteiger partial charge in [0.1, 0.15) is 5.75 Å². The van der Waals surface area contributed by atoms with E-state index in [1.54, 1.807) is 18.2 Å². The average Bonchev–Trinajstić information content (AvgIpc) is 1.97. The first-order valence-corrected chi connectivity index (χ1v) is 4.45. The van der Waals surface area contributed by atoms with E-state index in [-0.39, 0.29) is 5.75 Å². The van der Waals surface area contributed by atoms with Crippen LogP contribution in [0.2, 0.25) is 0 Å². The Hall–Kier alpha value is -0.500. The van der Waals surface area contributed by atoms with Crippen LogP contribution in [-0.4, -0.2) is 5.11 Å². The Morgan fingerprint density at radius 3 is 2.00 bits per heavy atom. The summed E-state index contributed by atoms with van der Waals surface area (Å²) in [5.74, 6) is 0.285. The van der Waals surface area contributed by atoms with E-state index in [1.807, 2.05) is 6.07 Å². The number of halogens is 1. The second-order valence-corrected chi connectivity index (χ2v) is 3.01. The lowest BCUT2D eigenvalue weighted by Crippen LogP contribution is -1.63. The predicted octanol–water partition coefficient (Wildman–Crippen LogP) is 3.57. The smallest absolute Gasteiger partial charge is 0.129 e. The molecule has 0 aliphatic rings. The van der Waals surface area contributed by atoms with Crippen LogP contribution in [0.25, 0.3) is 0 Å². The molecular formula is C9H13BrO. The fourth-order valence-corrected chi connectivity index (χ4v) is 0.737. The van der Waals surface area contributed by atoms with Crippen LogP contribution in [0.4, 0.5) is 0 Å². The van der Waals surface area contributed by atoms with Crippen molar-refractivity contribution in [1.82, 2.24) is 0 Å². The lowest BCUT2D eigenvalue weighted by Gasteiger charge is -1.90. The number of aromatic hydroxyl groups is 1. The summed E-state index contributed by atoms with van der Waals surface area (Å²) in [6.07, 6.45) is 1.25. The van der Waals surface area contributed by atoms with Gasteiger partial charge in [0.05, 0.1) is 4.47 Å². The van der Waals surface area contributed by atoms with Crippen molar-refractivity contribution in [1.29, 1.82) is 0 Å². The van der Waals surface area contributed by atoms with E-state index in [1.165, 1.54) is 6.42 Å². The molecule has 1 rings (SSSR count). The summed E-state index contributed by atoms with van der Waals surface area (Å²) < 4.78 is 0.736. The number of rotatable bonds is 0. The van der Waals surface area contributed by atoms with Gasteiger partial charge in [0.2, 0.25) is 0 Å². The van der Waals surface area contributed by atoms with Gasteiger partial charge in [0, 0.05) is 0 Å². The van der Waals surface area contributed by atoms with E-state index in [9.17, 15) is 0 Å². The molecule has 1 aromatic rings. The summed E-state index contributed by atoms with van der Waals surface area (Å²) in [7, 11) is 0. The number of hydrogen-bond acceptors (Lipinski definition) is 1. The van der Waals surface area contributed by atoms with Crippen LogP contribution in [0, 0.1) is 0 Å². The maximum Gasteiger partial charge on any atom is 0.129 e. The van der Waals surface area contributed by atoms with Gasteiger partial charge in [-0.3, -0.25) is 0 Å². The Labute approximate surface area is 76.2 Å². The van der Waals surface area contributed by atoms with Crippen LogP contribution in [0.5, 0.6) is 5.75 Å². The molecule has 62 valence electrons. The maximum atomic E-state index is 8.87. The van der Waals surface area contributed by atoms with Crippen LogP contribution in [0.15, 0.2) is 28.7 Å². The number of para-hydroxylation sites is 1. The molecule has 1 N–H and O–H groups in total. The minimum absolute atomic E-state index is 0.285. The molecular weight excluding hydrogens is 204 g/mol. The molecule has 0 fully saturated rings. The van der Waals surface area contributed by atoms with Gasteiger partial charge in [-0.15, -0.1) is 0 Å². The highest BCUT2D eigenvalue weighted by Crippen LogP contribution is 2.21. The lowest BCUT2D eigenvalue weighted by atomic mass is 10.3. The first kappa shape index (κ1) is 10.5. The molecule has 0 bridgehead atoms. The van der Waals surface area contributed by atoms with Crippen LogP contribution in [0.1, 0.15) is 20.3 Å². The number of benzene rings is 1. The van der Waals surface area contributed by atoms with Crippen molar-refractivity contribution in [3.05, 3.63) is 28.7 Å². The molecule has 0 saturated heterocycles. The average molecular weight is 217 g/mol. The standard InChI is InChI=1S/C6H5BrO.C3H8/c7-5-3-1-2-4-6(5)8;1-3-2/h1-4,8H;3H2,1-2H3. The van der Waals surface area contributed by atoms with Crippen molar-refractivity contribution in [3.63, 3.8) is 0 Å². The zero-order valence-corrected chi connectivity index (χ0v) is 8.43. The summed E-state index contributed by atoms with van der Waals surface area (Å²) in [4.78, 5) is 0.